The van der Waals surface area contributed by atoms with Crippen molar-refractivity contribution in [1.29, 1.82) is 0 Å². The summed E-state index contributed by atoms with van der Waals surface area (Å²) in [6, 6.07) is 43.8. The van der Waals surface area contributed by atoms with Crippen LogP contribution in [0.25, 0.3) is 0 Å². The highest BCUT2D eigenvalue weighted by Gasteiger charge is 2.50. The molecule has 0 amide bonds. The molecular formula is C52H78O5Si3. The van der Waals surface area contributed by atoms with E-state index in [-0.39, 0.29) is 23.0 Å². The fraction of sp³-hybridized carbons (Fsp3) is 0.500. The molecule has 4 aromatic rings. The van der Waals surface area contributed by atoms with Crippen LogP contribution in [0.3, 0.4) is 0 Å². The first-order valence-electron chi connectivity index (χ1n) is 22.5. The second-order valence-corrected chi connectivity index (χ2v) is 32.8. The van der Waals surface area contributed by atoms with Gasteiger partial charge in [0.05, 0.1) is 31.5 Å². The van der Waals surface area contributed by atoms with Gasteiger partial charge in [-0.05, 0) is 83.3 Å². The zero-order valence-electron chi connectivity index (χ0n) is 39.4. The quantitative estimate of drug-likeness (QED) is 0.0753. The van der Waals surface area contributed by atoms with Gasteiger partial charge in [0.2, 0.25) is 0 Å². The van der Waals surface area contributed by atoms with Gasteiger partial charge in [0.1, 0.15) is 13.8 Å². The van der Waals surface area contributed by atoms with Gasteiger partial charge in [-0.1, -0.05) is 188 Å². The Balaban J connectivity index is 1.71. The van der Waals surface area contributed by atoms with E-state index in [1.807, 2.05) is 31.2 Å². The lowest BCUT2D eigenvalue weighted by Crippen LogP contribution is -2.66. The van der Waals surface area contributed by atoms with Crippen LogP contribution in [0.2, 0.25) is 36.3 Å². The number of hydrogen-bond donors (Lipinski definition) is 1. The van der Waals surface area contributed by atoms with E-state index in [0.717, 1.165) is 29.4 Å². The molecule has 4 rings (SSSR count). The van der Waals surface area contributed by atoms with E-state index in [9.17, 15) is 5.11 Å². The number of benzene rings is 4. The Bertz CT molecular complexity index is 1820. The topological polar surface area (TPSA) is 57.2 Å². The molecule has 0 saturated heterocycles. The SMILES string of the molecule is CC[Si](CC)(CC)O[C@@H](C[C@@](C)(O)[C@H](C[C@H](C)CO[Si](c1ccccc1)(c1ccccc1)C(C)(C)C)OCc1ccc(OC)cc1)[C@H](C)/C=C(\C)[Si](C)(C)c1ccccc1. The van der Waals surface area contributed by atoms with Crippen molar-refractivity contribution in [2.75, 3.05) is 13.7 Å². The lowest BCUT2D eigenvalue weighted by Gasteiger charge is -2.44. The molecule has 0 aliphatic rings. The molecule has 5 nitrogen and oxygen atoms in total. The first-order valence-corrected chi connectivity index (χ1v) is 30.0. The summed E-state index contributed by atoms with van der Waals surface area (Å²) in [4.78, 5) is 0. The van der Waals surface area contributed by atoms with Crippen LogP contribution in [0.5, 0.6) is 5.75 Å². The molecule has 0 heterocycles. The van der Waals surface area contributed by atoms with Crippen molar-refractivity contribution in [2.45, 2.75) is 143 Å². The minimum absolute atomic E-state index is 0.0889. The Morgan fingerprint density at radius 3 is 1.65 bits per heavy atom. The van der Waals surface area contributed by atoms with E-state index in [4.69, 9.17) is 18.3 Å². The van der Waals surface area contributed by atoms with Crippen LogP contribution in [-0.4, -0.2) is 61.3 Å². The minimum atomic E-state index is -2.76. The molecule has 0 saturated carbocycles. The first-order chi connectivity index (χ1) is 28.4. The Hall–Kier alpha value is -3.09. The van der Waals surface area contributed by atoms with Crippen LogP contribution in [0, 0.1) is 11.8 Å². The Morgan fingerprint density at radius 2 is 1.20 bits per heavy atom. The van der Waals surface area contributed by atoms with Gasteiger partial charge in [-0.15, -0.1) is 0 Å². The van der Waals surface area contributed by atoms with Crippen molar-refractivity contribution in [3.8, 4) is 5.75 Å². The number of aliphatic hydroxyl groups is 1. The largest absolute Gasteiger partial charge is 0.497 e. The van der Waals surface area contributed by atoms with Crippen LogP contribution in [-0.2, 0) is 20.2 Å². The van der Waals surface area contributed by atoms with E-state index in [0.29, 0.717) is 26.1 Å². The van der Waals surface area contributed by atoms with Crippen molar-refractivity contribution in [3.63, 3.8) is 0 Å². The van der Waals surface area contributed by atoms with Gasteiger partial charge >= 0.3 is 0 Å². The summed E-state index contributed by atoms with van der Waals surface area (Å²) in [5, 5.41) is 18.2. The average Bonchev–Trinajstić information content (AvgIpc) is 3.24. The molecule has 5 atom stereocenters. The second-order valence-electron chi connectivity index (χ2n) is 19.1. The summed E-state index contributed by atoms with van der Waals surface area (Å²) in [6.45, 7) is 28.5. The van der Waals surface area contributed by atoms with E-state index in [2.05, 4.69) is 172 Å². The summed E-state index contributed by atoms with van der Waals surface area (Å²) in [5.41, 5.74) is -0.157. The monoisotopic (exact) mass is 867 g/mol. The Morgan fingerprint density at radius 1 is 0.717 bits per heavy atom. The highest BCUT2D eigenvalue weighted by atomic mass is 28.4. The first kappa shape index (κ1) is 49.6. The molecule has 0 aliphatic heterocycles. The van der Waals surface area contributed by atoms with Crippen molar-refractivity contribution >= 4 is 40.3 Å². The van der Waals surface area contributed by atoms with Crippen molar-refractivity contribution < 1.29 is 23.4 Å². The fourth-order valence-corrected chi connectivity index (χ4v) is 18.7. The lowest BCUT2D eigenvalue weighted by molar-refractivity contribution is -0.132. The molecular weight excluding hydrogens is 789 g/mol. The number of methoxy groups -OCH3 is 1. The van der Waals surface area contributed by atoms with Crippen molar-refractivity contribution in [2.24, 2.45) is 11.8 Å². The molecule has 4 aromatic carbocycles. The molecule has 0 aliphatic carbocycles. The molecule has 0 radical (unpaired) electrons. The summed E-state index contributed by atoms with van der Waals surface area (Å²) < 4.78 is 27.2. The number of allylic oxidation sites excluding steroid dienone is 1. The zero-order chi connectivity index (χ0) is 44.2. The molecule has 0 unspecified atom stereocenters. The fourth-order valence-electron chi connectivity index (χ4n) is 8.87. The predicted molar refractivity (Wildman–Crippen MR) is 263 cm³/mol. The van der Waals surface area contributed by atoms with Crippen molar-refractivity contribution in [3.05, 3.63) is 132 Å². The predicted octanol–water partition coefficient (Wildman–Crippen LogP) is 11.5. The van der Waals surface area contributed by atoms with Crippen LogP contribution in [0.1, 0.15) is 87.6 Å². The Labute approximate surface area is 368 Å². The van der Waals surface area contributed by atoms with E-state index in [1.54, 1.807) is 7.11 Å². The Kier molecular flexibility index (Phi) is 18.0. The van der Waals surface area contributed by atoms with Crippen LogP contribution in [0.4, 0.5) is 0 Å². The zero-order valence-corrected chi connectivity index (χ0v) is 42.4. The van der Waals surface area contributed by atoms with Gasteiger partial charge in [-0.25, -0.2) is 0 Å². The summed E-state index contributed by atoms with van der Waals surface area (Å²) in [6.07, 6.45) is 2.92. The maximum atomic E-state index is 12.9. The molecule has 0 fully saturated rings. The van der Waals surface area contributed by atoms with Crippen LogP contribution >= 0.6 is 0 Å². The number of ether oxygens (including phenoxy) is 2. The molecule has 0 spiro atoms. The molecule has 1 N–H and O–H groups in total. The smallest absolute Gasteiger partial charge is 0.261 e. The average molecular weight is 867 g/mol. The van der Waals surface area contributed by atoms with E-state index < -0.39 is 36.4 Å². The third-order valence-corrected chi connectivity index (χ3v) is 27.0. The van der Waals surface area contributed by atoms with Gasteiger partial charge < -0.3 is 23.4 Å². The third-order valence-electron chi connectivity index (χ3n) is 13.5. The van der Waals surface area contributed by atoms with Gasteiger partial charge in [-0.2, -0.15) is 0 Å². The van der Waals surface area contributed by atoms with Crippen LogP contribution in [0.15, 0.2) is 127 Å². The normalized spacial score (nSPS) is 16.1. The summed E-state index contributed by atoms with van der Waals surface area (Å²) >= 11 is 0. The maximum Gasteiger partial charge on any atom is 0.261 e. The van der Waals surface area contributed by atoms with Gasteiger partial charge in [0, 0.05) is 13.0 Å². The van der Waals surface area contributed by atoms with Crippen molar-refractivity contribution in [1.82, 2.24) is 0 Å². The molecule has 60 heavy (non-hydrogen) atoms. The summed E-state index contributed by atoms with van der Waals surface area (Å²) in [5.74, 6) is 0.996. The molecule has 0 bridgehead atoms. The third kappa shape index (κ3) is 12.3. The minimum Gasteiger partial charge on any atom is -0.497 e. The standard InChI is InChI=1S/C52H78O5Si3/c1-14-59(15-2,16-3)57-49(42(5)37-43(6)58(12,13)46-26-20-17-21-27-46)38-52(10,53)50(55-40-44-32-34-45(54-11)35-33-44)36-41(4)39-56-60(51(7,8)9,47-28-22-18-23-29-47)48-30-24-19-25-31-48/h17-35,37,41-42,49-50,53H,14-16,36,38-40H2,1-13H3/b43-37+/t41-,42+,49-,50-,52+/m0/s1. The van der Waals surface area contributed by atoms with Gasteiger partial charge in [0.25, 0.3) is 8.32 Å². The van der Waals surface area contributed by atoms with Crippen LogP contribution < -0.4 is 20.3 Å². The van der Waals surface area contributed by atoms with E-state index in [1.165, 1.54) is 20.8 Å². The second kappa shape index (κ2) is 21.8. The van der Waals surface area contributed by atoms with Gasteiger partial charge in [0.15, 0.2) is 8.32 Å². The molecule has 0 aromatic heterocycles. The highest BCUT2D eigenvalue weighted by Crippen LogP contribution is 2.39. The number of rotatable bonds is 23. The molecule has 8 heteroatoms. The lowest BCUT2D eigenvalue weighted by atomic mass is 9.84. The maximum absolute atomic E-state index is 12.9. The molecule has 328 valence electrons. The number of hydrogen-bond acceptors (Lipinski definition) is 5. The van der Waals surface area contributed by atoms with E-state index >= 15 is 0 Å². The summed E-state index contributed by atoms with van der Waals surface area (Å²) in [7, 11) is -5.05. The van der Waals surface area contributed by atoms with Gasteiger partial charge in [-0.3, -0.25) is 0 Å². The highest BCUT2D eigenvalue weighted by molar-refractivity contribution is 6.99.